The summed E-state index contributed by atoms with van der Waals surface area (Å²) in [5.41, 5.74) is 3.61. The predicted molar refractivity (Wildman–Crippen MR) is 92.2 cm³/mol. The number of carbonyl (C=O) groups excluding carboxylic acids is 2. The maximum atomic E-state index is 11.9. The normalized spacial score (nSPS) is 10.1. The highest BCUT2D eigenvalue weighted by molar-refractivity contribution is 5.93. The van der Waals surface area contributed by atoms with Crippen molar-refractivity contribution >= 4 is 17.6 Å². The van der Waals surface area contributed by atoms with Gasteiger partial charge in [0.25, 0.3) is 5.91 Å². The molecule has 0 aliphatic rings. The van der Waals surface area contributed by atoms with Gasteiger partial charge in [-0.05, 0) is 48.7 Å². The molecule has 2 aromatic carbocycles. The molecule has 1 N–H and O–H groups in total. The quantitative estimate of drug-likeness (QED) is 0.828. The van der Waals surface area contributed by atoms with Crippen LogP contribution in [0.4, 0.5) is 5.69 Å². The van der Waals surface area contributed by atoms with Crippen LogP contribution in [0.5, 0.6) is 5.75 Å². The Labute approximate surface area is 141 Å². The molecule has 0 spiro atoms. The smallest absolute Gasteiger partial charge is 0.310 e. The van der Waals surface area contributed by atoms with Gasteiger partial charge >= 0.3 is 5.97 Å². The molecule has 0 aliphatic heterocycles. The Hall–Kier alpha value is -2.82. The molecule has 0 saturated carbocycles. The van der Waals surface area contributed by atoms with Gasteiger partial charge in [0.2, 0.25) is 0 Å². The largest absolute Gasteiger partial charge is 0.497 e. The van der Waals surface area contributed by atoms with Crippen LogP contribution in [0.25, 0.3) is 0 Å². The zero-order chi connectivity index (χ0) is 17.5. The Morgan fingerprint density at radius 2 is 1.75 bits per heavy atom. The molecule has 126 valence electrons. The van der Waals surface area contributed by atoms with Crippen molar-refractivity contribution in [3.8, 4) is 5.75 Å². The molecule has 0 bridgehead atoms. The monoisotopic (exact) mass is 327 g/mol. The first-order chi connectivity index (χ1) is 11.5. The second kappa shape index (κ2) is 8.15. The van der Waals surface area contributed by atoms with Gasteiger partial charge in [0.05, 0.1) is 13.5 Å². The molecule has 1 amide bonds. The van der Waals surface area contributed by atoms with Gasteiger partial charge in [0.15, 0.2) is 6.61 Å². The molecule has 0 unspecified atom stereocenters. The number of esters is 1. The third kappa shape index (κ3) is 4.84. The molecule has 5 nitrogen and oxygen atoms in total. The minimum atomic E-state index is -0.448. The molecule has 2 aromatic rings. The second-order valence-corrected chi connectivity index (χ2v) is 5.48. The number of amides is 1. The second-order valence-electron chi connectivity index (χ2n) is 5.48. The lowest BCUT2D eigenvalue weighted by Gasteiger charge is -2.10. The van der Waals surface area contributed by atoms with E-state index < -0.39 is 5.97 Å². The van der Waals surface area contributed by atoms with Crippen LogP contribution in [0, 0.1) is 13.8 Å². The fraction of sp³-hybridized carbons (Fsp3) is 0.263. The number of hydrogen-bond acceptors (Lipinski definition) is 4. The average molecular weight is 327 g/mol. The number of carbonyl (C=O) groups is 2. The third-order valence-electron chi connectivity index (χ3n) is 3.75. The number of aryl methyl sites for hydroxylation is 1. The van der Waals surface area contributed by atoms with Crippen LogP contribution in [0.15, 0.2) is 42.5 Å². The summed E-state index contributed by atoms with van der Waals surface area (Å²) in [6.07, 6.45) is 0.112. The van der Waals surface area contributed by atoms with E-state index in [2.05, 4.69) is 5.32 Å². The van der Waals surface area contributed by atoms with E-state index in [0.717, 1.165) is 28.1 Å². The summed E-state index contributed by atoms with van der Waals surface area (Å²) in [6, 6.07) is 12.8. The highest BCUT2D eigenvalue weighted by Gasteiger charge is 2.10. The molecule has 0 radical (unpaired) electrons. The summed E-state index contributed by atoms with van der Waals surface area (Å²) < 4.78 is 10.1. The van der Waals surface area contributed by atoms with E-state index >= 15 is 0 Å². The molecule has 5 heteroatoms. The average Bonchev–Trinajstić information content (AvgIpc) is 2.58. The molecule has 24 heavy (non-hydrogen) atoms. The number of ether oxygens (including phenoxy) is 2. The SMILES string of the molecule is COc1ccc(CC(=O)OCC(=O)Nc2cccc(C)c2C)cc1. The van der Waals surface area contributed by atoms with Crippen LogP contribution in [0.2, 0.25) is 0 Å². The lowest BCUT2D eigenvalue weighted by molar-refractivity contribution is -0.146. The van der Waals surface area contributed by atoms with Gasteiger partial charge in [0.1, 0.15) is 5.75 Å². The number of nitrogens with one attached hydrogen (secondary N) is 1. The Morgan fingerprint density at radius 3 is 2.42 bits per heavy atom. The lowest BCUT2D eigenvalue weighted by Crippen LogP contribution is -2.22. The van der Waals surface area contributed by atoms with E-state index in [4.69, 9.17) is 9.47 Å². The molecule has 0 atom stereocenters. The zero-order valence-electron chi connectivity index (χ0n) is 14.1. The van der Waals surface area contributed by atoms with Crippen LogP contribution in [0.1, 0.15) is 16.7 Å². The van der Waals surface area contributed by atoms with Crippen LogP contribution in [0.3, 0.4) is 0 Å². The van der Waals surface area contributed by atoms with Gasteiger partial charge in [-0.1, -0.05) is 24.3 Å². The van der Waals surface area contributed by atoms with Crippen LogP contribution in [-0.4, -0.2) is 25.6 Å². The summed E-state index contributed by atoms with van der Waals surface area (Å²) in [7, 11) is 1.58. The highest BCUT2D eigenvalue weighted by atomic mass is 16.5. The van der Waals surface area contributed by atoms with Crippen molar-refractivity contribution < 1.29 is 19.1 Å². The predicted octanol–water partition coefficient (Wildman–Crippen LogP) is 3.04. The van der Waals surface area contributed by atoms with Crippen molar-refractivity contribution in [1.29, 1.82) is 0 Å². The molecular formula is C19H21NO4. The number of anilines is 1. The van der Waals surface area contributed by atoms with Gasteiger partial charge in [-0.3, -0.25) is 9.59 Å². The molecule has 0 aliphatic carbocycles. The molecule has 0 aromatic heterocycles. The number of methoxy groups -OCH3 is 1. The van der Waals surface area contributed by atoms with Gasteiger partial charge in [0, 0.05) is 5.69 Å². The zero-order valence-corrected chi connectivity index (χ0v) is 14.1. The van der Waals surface area contributed by atoms with Crippen molar-refractivity contribution in [3.05, 3.63) is 59.2 Å². The lowest BCUT2D eigenvalue weighted by atomic mass is 10.1. The van der Waals surface area contributed by atoms with Crippen LogP contribution in [-0.2, 0) is 20.7 Å². The van der Waals surface area contributed by atoms with Gasteiger partial charge in [-0.2, -0.15) is 0 Å². The third-order valence-corrected chi connectivity index (χ3v) is 3.75. The van der Waals surface area contributed by atoms with Crippen molar-refractivity contribution in [2.24, 2.45) is 0 Å². The number of rotatable bonds is 6. The Kier molecular flexibility index (Phi) is 5.95. The number of benzene rings is 2. The summed E-state index contributed by atoms with van der Waals surface area (Å²) in [4.78, 5) is 23.7. The summed E-state index contributed by atoms with van der Waals surface area (Å²) in [5.74, 6) is -0.0805. The standard InChI is InChI=1S/C19H21NO4/c1-13-5-4-6-17(14(13)2)20-18(21)12-24-19(22)11-15-7-9-16(23-3)10-8-15/h4-10H,11-12H2,1-3H3,(H,20,21). The first-order valence-corrected chi connectivity index (χ1v) is 7.64. The van der Waals surface area contributed by atoms with Crippen molar-refractivity contribution in [2.75, 3.05) is 19.0 Å². The van der Waals surface area contributed by atoms with E-state index in [0.29, 0.717) is 0 Å². The highest BCUT2D eigenvalue weighted by Crippen LogP contribution is 2.17. The Bertz CT molecular complexity index is 723. The van der Waals surface area contributed by atoms with Crippen molar-refractivity contribution in [2.45, 2.75) is 20.3 Å². The van der Waals surface area contributed by atoms with E-state index in [-0.39, 0.29) is 18.9 Å². The summed E-state index contributed by atoms with van der Waals surface area (Å²) >= 11 is 0. The van der Waals surface area contributed by atoms with E-state index in [1.807, 2.05) is 32.0 Å². The molecule has 0 heterocycles. The minimum Gasteiger partial charge on any atom is -0.497 e. The fourth-order valence-electron chi connectivity index (χ4n) is 2.18. The molecule has 0 fully saturated rings. The Morgan fingerprint density at radius 1 is 1.04 bits per heavy atom. The van der Waals surface area contributed by atoms with Gasteiger partial charge in [-0.25, -0.2) is 0 Å². The van der Waals surface area contributed by atoms with Gasteiger partial charge in [-0.15, -0.1) is 0 Å². The number of hydrogen-bond donors (Lipinski definition) is 1. The maximum Gasteiger partial charge on any atom is 0.310 e. The first-order valence-electron chi connectivity index (χ1n) is 7.64. The molecular weight excluding hydrogens is 306 g/mol. The van der Waals surface area contributed by atoms with E-state index in [9.17, 15) is 9.59 Å². The molecule has 2 rings (SSSR count). The maximum absolute atomic E-state index is 11.9. The van der Waals surface area contributed by atoms with Crippen LogP contribution >= 0.6 is 0 Å². The van der Waals surface area contributed by atoms with E-state index in [1.165, 1.54) is 0 Å². The Balaban J connectivity index is 1.82. The van der Waals surface area contributed by atoms with Crippen molar-refractivity contribution in [3.63, 3.8) is 0 Å². The van der Waals surface area contributed by atoms with Crippen LogP contribution < -0.4 is 10.1 Å². The summed E-state index contributed by atoms with van der Waals surface area (Å²) in [5, 5.41) is 2.75. The van der Waals surface area contributed by atoms with Crippen molar-refractivity contribution in [1.82, 2.24) is 0 Å². The van der Waals surface area contributed by atoms with Gasteiger partial charge < -0.3 is 14.8 Å². The fourth-order valence-corrected chi connectivity index (χ4v) is 2.18. The first kappa shape index (κ1) is 17.5. The van der Waals surface area contributed by atoms with E-state index in [1.54, 1.807) is 31.4 Å². The minimum absolute atomic E-state index is 0.112. The topological polar surface area (TPSA) is 64.6 Å². The molecule has 0 saturated heterocycles. The summed E-state index contributed by atoms with van der Waals surface area (Å²) in [6.45, 7) is 3.60.